The summed E-state index contributed by atoms with van der Waals surface area (Å²) in [7, 11) is 0. The van der Waals surface area contributed by atoms with Crippen molar-refractivity contribution in [1.82, 2.24) is 15.0 Å². The lowest BCUT2D eigenvalue weighted by atomic mass is 9.61. The molecular weight excluding hydrogens is 631 g/mol. The zero-order valence-corrected chi connectivity index (χ0v) is 29.2. The van der Waals surface area contributed by atoms with Crippen molar-refractivity contribution in [2.75, 3.05) is 0 Å². The van der Waals surface area contributed by atoms with E-state index in [1.807, 2.05) is 0 Å². The summed E-state index contributed by atoms with van der Waals surface area (Å²) in [4.78, 5) is 15.8. The van der Waals surface area contributed by atoms with Crippen LogP contribution in [-0.2, 0) is 6.42 Å². The Morgan fingerprint density at radius 3 is 1.90 bits per heavy atom. The minimum Gasteiger partial charge on any atom is -0.208 e. The molecule has 11 rings (SSSR count). The summed E-state index contributed by atoms with van der Waals surface area (Å²) in [6, 6.07) is 52.2. The van der Waals surface area contributed by atoms with E-state index in [9.17, 15) is 0 Å². The van der Waals surface area contributed by atoms with Crippen molar-refractivity contribution in [1.29, 1.82) is 0 Å². The molecule has 52 heavy (non-hydrogen) atoms. The highest BCUT2D eigenvalue weighted by Crippen LogP contribution is 2.78. The maximum absolute atomic E-state index is 5.30. The Bertz CT molecular complexity index is 2660. The third kappa shape index (κ3) is 4.75. The van der Waals surface area contributed by atoms with E-state index in [4.69, 9.17) is 15.0 Å². The molecule has 7 aromatic carbocycles. The molecule has 4 atom stereocenters. The van der Waals surface area contributed by atoms with Crippen LogP contribution in [0.4, 0.5) is 0 Å². The molecule has 0 amide bonds. The van der Waals surface area contributed by atoms with Gasteiger partial charge in [0.1, 0.15) is 0 Å². The highest BCUT2D eigenvalue weighted by Gasteiger charge is 2.70. The maximum atomic E-state index is 5.30. The SMILES string of the molecule is c1ccc(-c2cccc3c(-c4nc(-c5ccc(CCC6CC78CC7CCC68)cc5)nc(-c5cc6ccccc6c6ccccc56)n4)cccc23)cc1. The predicted molar refractivity (Wildman–Crippen MR) is 214 cm³/mol. The van der Waals surface area contributed by atoms with E-state index in [-0.39, 0.29) is 0 Å². The molecule has 1 heterocycles. The van der Waals surface area contributed by atoms with Crippen LogP contribution in [0.5, 0.6) is 0 Å². The fourth-order valence-electron chi connectivity index (χ4n) is 10.3. The van der Waals surface area contributed by atoms with Crippen molar-refractivity contribution in [2.24, 2.45) is 23.2 Å². The van der Waals surface area contributed by atoms with Crippen LogP contribution in [0.1, 0.15) is 37.7 Å². The van der Waals surface area contributed by atoms with Crippen LogP contribution in [0.3, 0.4) is 0 Å². The fourth-order valence-corrected chi connectivity index (χ4v) is 10.3. The highest BCUT2D eigenvalue weighted by atomic mass is 15.0. The van der Waals surface area contributed by atoms with Gasteiger partial charge in [0, 0.05) is 16.7 Å². The summed E-state index contributed by atoms with van der Waals surface area (Å²) < 4.78 is 0. The van der Waals surface area contributed by atoms with Gasteiger partial charge in [0.2, 0.25) is 0 Å². The molecular formula is C49H39N3. The molecule has 1 spiro atoms. The largest absolute Gasteiger partial charge is 0.208 e. The highest BCUT2D eigenvalue weighted by molar-refractivity contribution is 6.13. The standard InChI is InChI=1S/C49H39N3/c1-2-10-32(11-3-1)37-16-8-18-41-40(37)17-9-19-43(41)47-50-46(33-23-20-31(21-24-33)22-25-35-29-49-30-36(49)26-27-45(35)49)51-48(52-47)44-28-34-12-4-5-13-38(34)39-14-6-7-15-42(39)44/h1-21,23-24,28,35-36,45H,22,25-27,29-30H2. The Morgan fingerprint density at radius 1 is 0.481 bits per heavy atom. The minimum atomic E-state index is 0.686. The molecule has 0 radical (unpaired) electrons. The van der Waals surface area contributed by atoms with Gasteiger partial charge in [0.25, 0.3) is 0 Å². The van der Waals surface area contributed by atoms with E-state index in [2.05, 4.69) is 146 Å². The van der Waals surface area contributed by atoms with Gasteiger partial charge in [0.05, 0.1) is 0 Å². The average molecular weight is 670 g/mol. The zero-order chi connectivity index (χ0) is 34.2. The Kier molecular flexibility index (Phi) is 6.74. The first-order valence-corrected chi connectivity index (χ1v) is 19.1. The lowest BCUT2D eigenvalue weighted by Gasteiger charge is -2.44. The van der Waals surface area contributed by atoms with Gasteiger partial charge >= 0.3 is 0 Å². The summed E-state index contributed by atoms with van der Waals surface area (Å²) >= 11 is 0. The van der Waals surface area contributed by atoms with E-state index in [0.29, 0.717) is 17.5 Å². The molecule has 3 heteroatoms. The predicted octanol–water partition coefficient (Wildman–Crippen LogP) is 12.4. The lowest BCUT2D eigenvalue weighted by molar-refractivity contribution is 0.0537. The Labute approximate surface area is 304 Å². The second kappa shape index (κ2) is 11.7. The van der Waals surface area contributed by atoms with Gasteiger partial charge in [-0.15, -0.1) is 0 Å². The van der Waals surface area contributed by atoms with Gasteiger partial charge in [-0.2, -0.15) is 0 Å². The number of hydrogen-bond acceptors (Lipinski definition) is 3. The molecule has 3 fully saturated rings. The van der Waals surface area contributed by atoms with Crippen LogP contribution in [0, 0.1) is 23.2 Å². The number of rotatable bonds is 7. The number of nitrogens with zero attached hydrogens (tertiary/aromatic N) is 3. The number of benzene rings is 7. The molecule has 8 aromatic rings. The summed E-state index contributed by atoms with van der Waals surface area (Å²) in [6.07, 6.45) is 8.46. The molecule has 3 aliphatic rings. The molecule has 3 saturated carbocycles. The Balaban J connectivity index is 1.03. The van der Waals surface area contributed by atoms with Crippen LogP contribution in [0.2, 0.25) is 0 Å². The number of aromatic nitrogens is 3. The monoisotopic (exact) mass is 669 g/mol. The van der Waals surface area contributed by atoms with Crippen molar-refractivity contribution >= 4 is 32.3 Å². The molecule has 4 unspecified atom stereocenters. The van der Waals surface area contributed by atoms with Crippen molar-refractivity contribution in [3.63, 3.8) is 0 Å². The normalized spacial score (nSPS) is 21.6. The van der Waals surface area contributed by atoms with Crippen molar-refractivity contribution in [2.45, 2.75) is 38.5 Å². The Hall–Kier alpha value is -5.67. The molecule has 0 saturated heterocycles. The zero-order valence-electron chi connectivity index (χ0n) is 29.2. The number of hydrogen-bond donors (Lipinski definition) is 0. The van der Waals surface area contributed by atoms with E-state index < -0.39 is 0 Å². The van der Waals surface area contributed by atoms with Gasteiger partial charge in [-0.1, -0.05) is 140 Å². The molecule has 3 aliphatic carbocycles. The Morgan fingerprint density at radius 2 is 1.12 bits per heavy atom. The first-order chi connectivity index (χ1) is 25.7. The smallest absolute Gasteiger partial charge is 0.164 e. The maximum Gasteiger partial charge on any atom is 0.164 e. The van der Waals surface area contributed by atoms with Crippen LogP contribution in [0.25, 0.3) is 77.6 Å². The minimum absolute atomic E-state index is 0.686. The van der Waals surface area contributed by atoms with E-state index >= 15 is 0 Å². The number of fused-ring (bicyclic) bond motifs is 4. The first-order valence-electron chi connectivity index (χ1n) is 19.1. The van der Waals surface area contributed by atoms with Gasteiger partial charge in [-0.05, 0) is 117 Å². The van der Waals surface area contributed by atoms with Crippen LogP contribution < -0.4 is 0 Å². The molecule has 250 valence electrons. The fraction of sp³-hybridized carbons (Fsp3) is 0.204. The third-order valence-corrected chi connectivity index (χ3v) is 13.0. The topological polar surface area (TPSA) is 38.7 Å². The summed E-state index contributed by atoms with van der Waals surface area (Å²) in [5, 5.41) is 7.06. The van der Waals surface area contributed by atoms with Crippen molar-refractivity contribution in [3.8, 4) is 45.3 Å². The molecule has 1 aromatic heterocycles. The quantitative estimate of drug-likeness (QED) is 0.159. The first kappa shape index (κ1) is 30.0. The van der Waals surface area contributed by atoms with Gasteiger partial charge < -0.3 is 0 Å². The van der Waals surface area contributed by atoms with Gasteiger partial charge in [0.15, 0.2) is 17.5 Å². The molecule has 0 bridgehead atoms. The van der Waals surface area contributed by atoms with Crippen molar-refractivity contribution < 1.29 is 0 Å². The van der Waals surface area contributed by atoms with Crippen LogP contribution in [0.15, 0.2) is 146 Å². The third-order valence-electron chi connectivity index (χ3n) is 13.0. The number of aryl methyl sites for hydroxylation is 1. The molecule has 0 aliphatic heterocycles. The van der Waals surface area contributed by atoms with E-state index in [0.717, 1.165) is 57.1 Å². The van der Waals surface area contributed by atoms with E-state index in [1.165, 1.54) is 70.3 Å². The summed E-state index contributed by atoms with van der Waals surface area (Å²) in [5.74, 6) is 5.10. The summed E-state index contributed by atoms with van der Waals surface area (Å²) in [6.45, 7) is 0. The van der Waals surface area contributed by atoms with Crippen LogP contribution in [-0.4, -0.2) is 15.0 Å². The molecule has 0 N–H and O–H groups in total. The van der Waals surface area contributed by atoms with Crippen LogP contribution >= 0.6 is 0 Å². The van der Waals surface area contributed by atoms with Gasteiger partial charge in [-0.25, -0.2) is 15.0 Å². The van der Waals surface area contributed by atoms with E-state index in [1.54, 1.807) is 0 Å². The summed E-state index contributed by atoms with van der Waals surface area (Å²) in [5.41, 5.74) is 7.64. The van der Waals surface area contributed by atoms with Crippen molar-refractivity contribution in [3.05, 3.63) is 151 Å². The lowest BCUT2D eigenvalue weighted by Crippen LogP contribution is -2.36. The second-order valence-corrected chi connectivity index (χ2v) is 15.6. The van der Waals surface area contributed by atoms with Gasteiger partial charge in [-0.3, -0.25) is 0 Å². The average Bonchev–Trinajstić information content (AvgIpc) is 3.87. The second-order valence-electron chi connectivity index (χ2n) is 15.6. The molecule has 3 nitrogen and oxygen atoms in total.